The van der Waals surface area contributed by atoms with E-state index < -0.39 is 0 Å². The number of hydrogen-bond donors (Lipinski definition) is 1. The fourth-order valence-corrected chi connectivity index (χ4v) is 2.84. The molecule has 0 radical (unpaired) electrons. The molecule has 0 aromatic heterocycles. The molecule has 78 valence electrons. The normalized spacial score (nSPS) is 38.7. The molecule has 3 heteroatoms. The number of rotatable bonds is 3. The summed E-state index contributed by atoms with van der Waals surface area (Å²) in [6.45, 7) is 7.22. The van der Waals surface area contributed by atoms with E-state index in [0.717, 1.165) is 25.0 Å². The molecule has 3 rings (SSSR count). The second kappa shape index (κ2) is 3.01. The van der Waals surface area contributed by atoms with Crippen molar-refractivity contribution in [3.05, 3.63) is 12.3 Å². The van der Waals surface area contributed by atoms with Crippen molar-refractivity contribution in [2.75, 3.05) is 0 Å². The van der Waals surface area contributed by atoms with Gasteiger partial charge in [0.1, 0.15) is 5.60 Å². The van der Waals surface area contributed by atoms with E-state index >= 15 is 0 Å². The number of ether oxygens (including phenoxy) is 1. The molecular weight excluding hydrogens is 178 g/mol. The van der Waals surface area contributed by atoms with Gasteiger partial charge in [-0.1, -0.05) is 6.58 Å². The summed E-state index contributed by atoms with van der Waals surface area (Å²) in [6.07, 6.45) is 3.10. The maximum absolute atomic E-state index is 10.9. The number of carbonyl (C=O) groups is 1. The largest absolute Gasteiger partial charge is 0.492 e. The van der Waals surface area contributed by atoms with Crippen LogP contribution >= 0.6 is 0 Å². The first kappa shape index (κ1) is 9.56. The molecule has 14 heavy (non-hydrogen) atoms. The predicted molar refractivity (Wildman–Crippen MR) is 53.6 cm³/mol. The van der Waals surface area contributed by atoms with Crippen molar-refractivity contribution in [2.24, 2.45) is 5.92 Å². The summed E-state index contributed by atoms with van der Waals surface area (Å²) in [6, 6.07) is 0.326. The van der Waals surface area contributed by atoms with Crippen molar-refractivity contribution in [3.8, 4) is 0 Å². The molecule has 3 nitrogen and oxygen atoms in total. The van der Waals surface area contributed by atoms with Gasteiger partial charge in [0.2, 0.25) is 5.91 Å². The van der Waals surface area contributed by atoms with Gasteiger partial charge in [-0.25, -0.2) is 0 Å². The highest BCUT2D eigenvalue weighted by atomic mass is 16.5. The Bertz CT molecular complexity index is 279. The van der Waals surface area contributed by atoms with Crippen LogP contribution in [-0.2, 0) is 9.53 Å². The van der Waals surface area contributed by atoms with Gasteiger partial charge in [-0.2, -0.15) is 0 Å². The van der Waals surface area contributed by atoms with E-state index in [9.17, 15) is 4.79 Å². The fourth-order valence-electron chi connectivity index (χ4n) is 2.84. The predicted octanol–water partition coefficient (Wildman–Crippen LogP) is 1.59. The molecule has 1 unspecified atom stereocenters. The average Bonchev–Trinajstić information content (AvgIpc) is 2.37. The monoisotopic (exact) mass is 195 g/mol. The molecule has 0 aliphatic heterocycles. The van der Waals surface area contributed by atoms with Gasteiger partial charge >= 0.3 is 0 Å². The van der Waals surface area contributed by atoms with Crippen molar-refractivity contribution in [1.29, 1.82) is 0 Å². The van der Waals surface area contributed by atoms with Gasteiger partial charge in [0.05, 0.1) is 5.76 Å². The lowest BCUT2D eigenvalue weighted by Crippen LogP contribution is -2.39. The minimum absolute atomic E-state index is 0.00359. The molecule has 0 heterocycles. The zero-order chi connectivity index (χ0) is 10.3. The molecule has 0 saturated heterocycles. The lowest BCUT2D eigenvalue weighted by Gasteiger charge is -2.38. The molecule has 3 fully saturated rings. The maximum atomic E-state index is 10.9. The molecule has 3 aliphatic rings. The molecule has 2 bridgehead atoms. The zero-order valence-electron chi connectivity index (χ0n) is 8.80. The third-order valence-electron chi connectivity index (χ3n) is 3.21. The number of hydrogen-bond acceptors (Lipinski definition) is 2. The smallest absolute Gasteiger partial charge is 0.217 e. The van der Waals surface area contributed by atoms with Gasteiger partial charge < -0.3 is 10.1 Å². The maximum Gasteiger partial charge on any atom is 0.217 e. The summed E-state index contributed by atoms with van der Waals surface area (Å²) in [5, 5.41) is 2.98. The second-order valence-electron chi connectivity index (χ2n) is 4.67. The van der Waals surface area contributed by atoms with Crippen LogP contribution < -0.4 is 5.32 Å². The lowest BCUT2D eigenvalue weighted by molar-refractivity contribution is -0.119. The molecule has 0 spiro atoms. The highest BCUT2D eigenvalue weighted by molar-refractivity contribution is 5.73. The topological polar surface area (TPSA) is 38.3 Å². The first-order valence-corrected chi connectivity index (χ1v) is 5.12. The summed E-state index contributed by atoms with van der Waals surface area (Å²) in [5.41, 5.74) is 0.00359. The van der Waals surface area contributed by atoms with Crippen LogP contribution in [0.5, 0.6) is 0 Å². The van der Waals surface area contributed by atoms with Crippen LogP contribution in [0.25, 0.3) is 0 Å². The molecule has 0 aromatic rings. The van der Waals surface area contributed by atoms with Crippen LogP contribution in [0.4, 0.5) is 0 Å². The minimum atomic E-state index is 0.00359. The van der Waals surface area contributed by atoms with Gasteiger partial charge in [-0.3, -0.25) is 4.79 Å². The van der Waals surface area contributed by atoms with Gasteiger partial charge in [0, 0.05) is 19.4 Å². The molecule has 1 amide bonds. The number of amides is 1. The van der Waals surface area contributed by atoms with E-state index in [0.29, 0.717) is 12.0 Å². The van der Waals surface area contributed by atoms with Crippen LogP contribution in [0, 0.1) is 5.92 Å². The summed E-state index contributed by atoms with van der Waals surface area (Å²) in [7, 11) is 0. The Kier molecular flexibility index (Phi) is 2.05. The van der Waals surface area contributed by atoms with E-state index in [1.165, 1.54) is 0 Å². The average molecular weight is 195 g/mol. The van der Waals surface area contributed by atoms with Crippen molar-refractivity contribution in [1.82, 2.24) is 5.32 Å². The summed E-state index contributed by atoms with van der Waals surface area (Å²) < 4.78 is 5.73. The molecule has 3 aliphatic carbocycles. The van der Waals surface area contributed by atoms with Crippen LogP contribution in [0.2, 0.25) is 0 Å². The lowest BCUT2D eigenvalue weighted by atomic mass is 9.79. The molecule has 3 saturated carbocycles. The molecule has 1 N–H and O–H groups in total. The van der Waals surface area contributed by atoms with Crippen molar-refractivity contribution in [2.45, 2.75) is 44.8 Å². The Morgan fingerprint density at radius 3 is 2.57 bits per heavy atom. The van der Waals surface area contributed by atoms with Crippen LogP contribution in [0.15, 0.2) is 12.3 Å². The second-order valence-corrected chi connectivity index (χ2v) is 4.67. The highest BCUT2D eigenvalue weighted by Crippen LogP contribution is 2.55. The van der Waals surface area contributed by atoms with E-state index in [2.05, 4.69) is 11.9 Å². The van der Waals surface area contributed by atoms with E-state index in [-0.39, 0.29) is 11.5 Å². The number of fused-ring (bicyclic) bond motifs is 1. The first-order valence-electron chi connectivity index (χ1n) is 5.12. The van der Waals surface area contributed by atoms with Gasteiger partial charge in [0.25, 0.3) is 0 Å². The summed E-state index contributed by atoms with van der Waals surface area (Å²) in [5.74, 6) is 1.47. The van der Waals surface area contributed by atoms with E-state index in [1.54, 1.807) is 6.92 Å². The Balaban J connectivity index is 1.93. The fraction of sp³-hybridized carbons (Fsp3) is 0.727. The standard InChI is InChI=1S/C11H17NO2/c1-7(2)14-11-4-9(5-11)10(6-11)12-8(3)13/h9-10H,1,4-6H2,2-3H3,(H,12,13). The van der Waals surface area contributed by atoms with Crippen molar-refractivity contribution >= 4 is 5.91 Å². The SMILES string of the molecule is C=C(C)OC12CC(C1)C(NC(C)=O)C2. The van der Waals surface area contributed by atoms with Crippen LogP contribution in [0.3, 0.4) is 0 Å². The zero-order valence-corrected chi connectivity index (χ0v) is 8.80. The van der Waals surface area contributed by atoms with Gasteiger partial charge in [0.15, 0.2) is 0 Å². The summed E-state index contributed by atoms with van der Waals surface area (Å²) in [4.78, 5) is 10.9. The van der Waals surface area contributed by atoms with Crippen molar-refractivity contribution in [3.63, 3.8) is 0 Å². The minimum Gasteiger partial charge on any atom is -0.492 e. The number of nitrogens with one attached hydrogen (secondary N) is 1. The Hall–Kier alpha value is -0.990. The quantitative estimate of drug-likeness (QED) is 0.694. The molecular formula is C11H17NO2. The van der Waals surface area contributed by atoms with Crippen molar-refractivity contribution < 1.29 is 9.53 Å². The van der Waals surface area contributed by atoms with Crippen LogP contribution in [-0.4, -0.2) is 17.6 Å². The Labute approximate surface area is 84.5 Å². The van der Waals surface area contributed by atoms with E-state index in [4.69, 9.17) is 4.74 Å². The Morgan fingerprint density at radius 1 is 1.43 bits per heavy atom. The van der Waals surface area contributed by atoms with Crippen LogP contribution in [0.1, 0.15) is 33.1 Å². The van der Waals surface area contributed by atoms with E-state index in [1.807, 2.05) is 6.92 Å². The highest BCUT2D eigenvalue weighted by Gasteiger charge is 2.58. The molecule has 1 atom stereocenters. The third kappa shape index (κ3) is 1.51. The molecule has 0 aromatic carbocycles. The third-order valence-corrected chi connectivity index (χ3v) is 3.21. The van der Waals surface area contributed by atoms with Gasteiger partial charge in [-0.15, -0.1) is 0 Å². The number of allylic oxidation sites excluding steroid dienone is 1. The number of carbonyl (C=O) groups excluding carboxylic acids is 1. The Morgan fingerprint density at radius 2 is 2.07 bits per heavy atom. The summed E-state index contributed by atoms with van der Waals surface area (Å²) >= 11 is 0. The van der Waals surface area contributed by atoms with Gasteiger partial charge in [-0.05, 0) is 25.7 Å². The first-order chi connectivity index (χ1) is 6.51.